The van der Waals surface area contributed by atoms with Gasteiger partial charge in [-0.2, -0.15) is 10.2 Å². The van der Waals surface area contributed by atoms with Crippen LogP contribution in [0.1, 0.15) is 34.5 Å². The predicted molar refractivity (Wildman–Crippen MR) is 150 cm³/mol. The summed E-state index contributed by atoms with van der Waals surface area (Å²) in [7, 11) is 0. The lowest BCUT2D eigenvalue weighted by Gasteiger charge is -2.38. The molecule has 0 atom stereocenters. The van der Waals surface area contributed by atoms with Crippen molar-refractivity contribution in [3.8, 4) is 11.4 Å². The lowest BCUT2D eigenvalue weighted by molar-refractivity contribution is -0.0299. The molecule has 2 aliphatic rings. The molecule has 7 rings (SSSR count). The van der Waals surface area contributed by atoms with Gasteiger partial charge >= 0.3 is 0 Å². The highest BCUT2D eigenvalue weighted by molar-refractivity contribution is 5.94. The van der Waals surface area contributed by atoms with E-state index in [0.29, 0.717) is 55.7 Å². The highest BCUT2D eigenvalue weighted by Crippen LogP contribution is 2.26. The Hall–Kier alpha value is -4.68. The largest absolute Gasteiger partial charge is 0.388 e. The van der Waals surface area contributed by atoms with Gasteiger partial charge in [0, 0.05) is 36.8 Å². The second-order valence-electron chi connectivity index (χ2n) is 10.9. The first-order chi connectivity index (χ1) is 20.4. The number of nitrogens with zero attached hydrogens (tertiary/aromatic N) is 7. The molecule has 0 unspecified atom stereocenters. The molecule has 1 saturated heterocycles. The summed E-state index contributed by atoms with van der Waals surface area (Å²) in [4.78, 5) is 32.3. The van der Waals surface area contributed by atoms with Gasteiger partial charge in [-0.05, 0) is 61.4 Å². The molecule has 42 heavy (non-hydrogen) atoms. The second kappa shape index (κ2) is 10.3. The third-order valence-electron chi connectivity index (χ3n) is 8.07. The van der Waals surface area contributed by atoms with Gasteiger partial charge in [0.1, 0.15) is 17.5 Å². The maximum absolute atomic E-state index is 13.4. The molecule has 2 aromatic carbocycles. The van der Waals surface area contributed by atoms with Gasteiger partial charge in [0.2, 0.25) is 0 Å². The van der Waals surface area contributed by atoms with Crippen LogP contribution < -0.4 is 5.56 Å². The van der Waals surface area contributed by atoms with E-state index in [1.807, 2.05) is 35.1 Å². The third kappa shape index (κ3) is 4.78. The summed E-state index contributed by atoms with van der Waals surface area (Å²) in [6, 6.07) is 13.1. The Bertz CT molecular complexity index is 1810. The van der Waals surface area contributed by atoms with Crippen LogP contribution in [0.2, 0.25) is 0 Å². The van der Waals surface area contributed by atoms with Crippen LogP contribution in [-0.4, -0.2) is 70.3 Å². The number of hydrogen-bond donors (Lipinski definition) is 1. The summed E-state index contributed by atoms with van der Waals surface area (Å²) < 4.78 is 23.6. The summed E-state index contributed by atoms with van der Waals surface area (Å²) >= 11 is 0. The Morgan fingerprint density at radius 3 is 2.52 bits per heavy atom. The van der Waals surface area contributed by atoms with Crippen LogP contribution in [0.3, 0.4) is 0 Å². The van der Waals surface area contributed by atoms with Crippen molar-refractivity contribution >= 4 is 16.9 Å². The third-order valence-corrected chi connectivity index (χ3v) is 8.07. The number of benzene rings is 2. The Labute approximate surface area is 239 Å². The van der Waals surface area contributed by atoms with Crippen molar-refractivity contribution in [2.75, 3.05) is 19.7 Å². The molecule has 0 spiro atoms. The number of aromatic nitrogens is 6. The molecule has 0 saturated carbocycles. The van der Waals surface area contributed by atoms with Crippen molar-refractivity contribution < 1.29 is 19.0 Å². The van der Waals surface area contributed by atoms with Gasteiger partial charge in [-0.3, -0.25) is 14.2 Å². The van der Waals surface area contributed by atoms with Gasteiger partial charge in [-0.1, -0.05) is 0 Å². The fourth-order valence-corrected chi connectivity index (χ4v) is 5.63. The summed E-state index contributed by atoms with van der Waals surface area (Å²) in [5.41, 5.74) is 3.13. The number of carbonyl (C=O) groups excluding carboxylic acids is 1. The first kappa shape index (κ1) is 26.2. The van der Waals surface area contributed by atoms with Crippen molar-refractivity contribution in [2.24, 2.45) is 0 Å². The van der Waals surface area contributed by atoms with E-state index in [4.69, 9.17) is 4.74 Å². The Morgan fingerprint density at radius 2 is 1.79 bits per heavy atom. The number of carbonyl (C=O) groups is 1. The normalized spacial score (nSPS) is 16.5. The molecule has 3 aromatic heterocycles. The van der Waals surface area contributed by atoms with Crippen molar-refractivity contribution in [1.82, 2.24) is 34.0 Å². The Morgan fingerprint density at radius 1 is 1.05 bits per heavy atom. The molecular formula is C30H28FN7O4. The minimum atomic E-state index is -1.18. The molecule has 1 N–H and O–H groups in total. The van der Waals surface area contributed by atoms with Crippen LogP contribution in [-0.2, 0) is 24.3 Å². The van der Waals surface area contributed by atoms with E-state index in [1.54, 1.807) is 9.58 Å². The first-order valence-electron chi connectivity index (χ1n) is 13.8. The average molecular weight is 570 g/mol. The SMILES string of the molecule is O=C(c1ccc(F)cc1)N1CCC(O)(Cn2cnc3c(cnn3-c3ccc(-n4cc5c(n4)CCOC5)cc3)c2=O)CC1. The van der Waals surface area contributed by atoms with Gasteiger partial charge in [0.25, 0.3) is 11.5 Å². The smallest absolute Gasteiger partial charge is 0.264 e. The van der Waals surface area contributed by atoms with Gasteiger partial charge in [-0.25, -0.2) is 18.7 Å². The van der Waals surface area contributed by atoms with Gasteiger partial charge in [0.05, 0.1) is 48.6 Å². The molecule has 12 heteroatoms. The molecule has 5 heterocycles. The van der Waals surface area contributed by atoms with Crippen molar-refractivity contribution in [1.29, 1.82) is 0 Å². The number of aliphatic hydroxyl groups is 1. The predicted octanol–water partition coefficient (Wildman–Crippen LogP) is 2.65. The molecule has 0 radical (unpaired) electrons. The lowest BCUT2D eigenvalue weighted by atomic mass is 9.91. The number of ether oxygens (including phenoxy) is 1. The van der Waals surface area contributed by atoms with Crippen molar-refractivity contribution in [2.45, 2.75) is 38.0 Å². The summed E-state index contributed by atoms with van der Waals surface area (Å²) in [5, 5.41) is 20.7. The van der Waals surface area contributed by atoms with Gasteiger partial charge in [-0.15, -0.1) is 0 Å². The first-order valence-corrected chi connectivity index (χ1v) is 13.8. The van der Waals surface area contributed by atoms with Crippen LogP contribution in [0, 0.1) is 5.82 Å². The zero-order valence-electron chi connectivity index (χ0n) is 22.7. The molecule has 214 valence electrons. The number of amides is 1. The maximum atomic E-state index is 13.4. The summed E-state index contributed by atoms with van der Waals surface area (Å²) in [6.07, 6.45) is 6.30. The topological polar surface area (TPSA) is 120 Å². The maximum Gasteiger partial charge on any atom is 0.264 e. The van der Waals surface area contributed by atoms with Crippen LogP contribution in [0.15, 0.2) is 72.0 Å². The standard InChI is InChI=1S/C30H28FN7O4/c31-22-3-1-20(2-4-22)28(39)35-12-10-30(41,11-13-35)18-36-19-32-27-25(29(36)40)15-33-38(27)24-7-5-23(6-8-24)37-16-21-17-42-14-9-26(21)34-37/h1-8,15-16,19,41H,9-14,17-18H2. The van der Waals surface area contributed by atoms with Crippen LogP contribution in [0.5, 0.6) is 0 Å². The molecule has 1 fully saturated rings. The molecule has 2 aliphatic heterocycles. The van der Waals surface area contributed by atoms with E-state index in [9.17, 15) is 19.1 Å². The van der Waals surface area contributed by atoms with E-state index in [-0.39, 0.29) is 18.0 Å². The molecule has 5 aromatic rings. The number of hydrogen-bond acceptors (Lipinski definition) is 7. The zero-order chi connectivity index (χ0) is 28.8. The van der Waals surface area contributed by atoms with E-state index in [0.717, 1.165) is 29.1 Å². The highest BCUT2D eigenvalue weighted by Gasteiger charge is 2.35. The van der Waals surface area contributed by atoms with Crippen molar-refractivity contribution in [3.63, 3.8) is 0 Å². The summed E-state index contributed by atoms with van der Waals surface area (Å²) in [5.74, 6) is -0.616. The lowest BCUT2D eigenvalue weighted by Crippen LogP contribution is -2.49. The number of rotatable bonds is 5. The molecule has 0 aliphatic carbocycles. The number of halogens is 1. The number of fused-ring (bicyclic) bond motifs is 2. The average Bonchev–Trinajstić information content (AvgIpc) is 3.64. The van der Waals surface area contributed by atoms with Crippen LogP contribution in [0.25, 0.3) is 22.4 Å². The van der Waals surface area contributed by atoms with Gasteiger partial charge in [0.15, 0.2) is 5.65 Å². The quantitative estimate of drug-likeness (QED) is 0.346. The van der Waals surface area contributed by atoms with E-state index in [1.165, 1.54) is 41.4 Å². The Kier molecular flexibility index (Phi) is 6.43. The van der Waals surface area contributed by atoms with E-state index >= 15 is 0 Å². The molecule has 11 nitrogen and oxygen atoms in total. The molecule has 0 bridgehead atoms. The number of piperidine rings is 1. The second-order valence-corrected chi connectivity index (χ2v) is 10.9. The van der Waals surface area contributed by atoms with Crippen LogP contribution >= 0.6 is 0 Å². The number of likely N-dealkylation sites (tertiary alicyclic amines) is 1. The van der Waals surface area contributed by atoms with E-state index < -0.39 is 11.4 Å². The van der Waals surface area contributed by atoms with Crippen LogP contribution in [0.4, 0.5) is 4.39 Å². The van der Waals surface area contributed by atoms with E-state index in [2.05, 4.69) is 15.2 Å². The summed E-state index contributed by atoms with van der Waals surface area (Å²) in [6.45, 7) is 1.94. The fraction of sp³-hybridized carbons (Fsp3) is 0.300. The fourth-order valence-electron chi connectivity index (χ4n) is 5.63. The molecular weight excluding hydrogens is 541 g/mol. The van der Waals surface area contributed by atoms with Crippen molar-refractivity contribution in [3.05, 3.63) is 100 Å². The highest BCUT2D eigenvalue weighted by atomic mass is 19.1. The zero-order valence-corrected chi connectivity index (χ0v) is 22.7. The minimum absolute atomic E-state index is 0.0477. The molecule has 1 amide bonds. The minimum Gasteiger partial charge on any atom is -0.388 e. The monoisotopic (exact) mass is 569 g/mol. The van der Waals surface area contributed by atoms with Gasteiger partial charge < -0.3 is 14.7 Å². The Balaban J connectivity index is 1.06.